The summed E-state index contributed by atoms with van der Waals surface area (Å²) in [4.78, 5) is 236. The zero-order chi connectivity index (χ0) is 91.1. The van der Waals surface area contributed by atoms with Gasteiger partial charge in [-0.05, 0) is 100 Å². The average molecular weight is 1990 g/mol. The average Bonchev–Trinajstić information content (AvgIpc) is 1.72. The molecule has 0 spiro atoms. The first-order valence-corrected chi connectivity index (χ1v) is 48.0. The van der Waals surface area contributed by atoms with Gasteiger partial charge in [0.05, 0.1) is 85.4 Å². The van der Waals surface area contributed by atoms with Crippen LogP contribution in [0.15, 0.2) is 0 Å². The Morgan fingerprint density at radius 3 is 0.679 bits per heavy atom. The summed E-state index contributed by atoms with van der Waals surface area (Å²) in [5.74, 6) is -14.6. The Balaban J connectivity index is -0.000000467. The van der Waals surface area contributed by atoms with Crippen molar-refractivity contribution in [3.05, 3.63) is 0 Å². The molecular formula is C81H118Al3Ca2N7Na4O34. The molecule has 7 aliphatic carbocycles. The quantitative estimate of drug-likeness (QED) is 0.0395. The molecule has 698 valence electrons. The van der Waals surface area contributed by atoms with E-state index in [1.54, 1.807) is 0 Å². The van der Waals surface area contributed by atoms with Gasteiger partial charge >= 0.3 is 239 Å². The molecule has 7 unspecified atom stereocenters. The largest absolute Gasteiger partial charge is 2.00 e. The molecule has 0 bridgehead atoms. The molecule has 7 amide bonds. The minimum absolute atomic E-state index is 0. The zero-order valence-electron chi connectivity index (χ0n) is 76.1. The van der Waals surface area contributed by atoms with Gasteiger partial charge in [0, 0.05) is 96.3 Å². The summed E-state index contributed by atoms with van der Waals surface area (Å²) in [7, 11) is 0. The van der Waals surface area contributed by atoms with Crippen molar-refractivity contribution in [3.8, 4) is 0 Å². The first-order chi connectivity index (χ1) is 58.4. The van der Waals surface area contributed by atoms with Crippen molar-refractivity contribution in [2.24, 2.45) is 41.4 Å². The zero-order valence-corrected chi connectivity index (χ0v) is 92.0. The van der Waals surface area contributed by atoms with Crippen LogP contribution in [0.1, 0.15) is 270 Å². The molecule has 3 heterocycles. The van der Waals surface area contributed by atoms with Crippen molar-refractivity contribution in [1.82, 2.24) is 37.2 Å². The molecule has 0 aromatic rings. The predicted molar refractivity (Wildman–Crippen MR) is 431 cm³/mol. The Kier molecular flexibility index (Phi) is 80.8. The number of hydrogen-bond donors (Lipinski definition) is 7. The molecule has 3 saturated heterocycles. The van der Waals surface area contributed by atoms with Gasteiger partial charge in [-0.1, -0.05) is 141 Å². The number of ketones is 3. The number of carboxylic acids is 8. The Hall–Kier alpha value is -2.49. The molecule has 2 radical (unpaired) electrons. The normalized spacial score (nSPS) is 20.4. The topological polar surface area (TPSA) is 718 Å². The Labute approximate surface area is 927 Å². The van der Waals surface area contributed by atoms with Crippen molar-refractivity contribution in [2.45, 2.75) is 334 Å². The molecule has 0 aromatic carbocycles. The molecule has 10 aliphatic rings. The van der Waals surface area contributed by atoms with Gasteiger partial charge in [0.1, 0.15) is 17.3 Å². The minimum atomic E-state index is -1.72. The van der Waals surface area contributed by atoms with Gasteiger partial charge in [-0.3, -0.25) is 62.3 Å². The number of carboxylic acid groups (broad SMARTS) is 8. The van der Waals surface area contributed by atoms with E-state index >= 15 is 0 Å². The van der Waals surface area contributed by atoms with Crippen LogP contribution in [0.4, 0.5) is 0 Å². The van der Waals surface area contributed by atoms with E-state index in [0.29, 0.717) is 5.28 Å². The maximum Gasteiger partial charge on any atom is 2.00 e. The number of carbonyl (C=O) groups excluding carboxylic acids is 21. The summed E-state index contributed by atoms with van der Waals surface area (Å²) >= 11 is -2.89. The molecule has 131 heavy (non-hydrogen) atoms. The van der Waals surface area contributed by atoms with Crippen LogP contribution in [0.25, 0.3) is 0 Å². The maximum absolute atomic E-state index is 12.1. The van der Waals surface area contributed by atoms with E-state index in [0.717, 1.165) is 205 Å². The third kappa shape index (κ3) is 58.4. The van der Waals surface area contributed by atoms with E-state index in [2.05, 4.69) is 37.2 Å². The molecule has 50 heteroatoms. The van der Waals surface area contributed by atoms with E-state index in [4.69, 9.17) is 11.4 Å². The third-order valence-corrected chi connectivity index (χ3v) is 26.4. The van der Waals surface area contributed by atoms with Gasteiger partial charge in [0.2, 0.25) is 41.4 Å². The second-order valence-corrected chi connectivity index (χ2v) is 36.8. The summed E-state index contributed by atoms with van der Waals surface area (Å²) < 4.78 is 15.0. The number of aliphatic carboxylic acids is 8. The fourth-order valence-corrected chi connectivity index (χ4v) is 18.9. The van der Waals surface area contributed by atoms with Gasteiger partial charge in [-0.25, -0.2) is 0 Å². The monoisotopic (exact) mass is 1990 g/mol. The van der Waals surface area contributed by atoms with Crippen molar-refractivity contribution in [1.29, 1.82) is 0 Å². The minimum Gasteiger partial charge on any atom is -0.621 e. The first kappa shape index (κ1) is 137. The number of carbonyl (C=O) groups is 21. The fourth-order valence-electron chi connectivity index (χ4n) is 15.8. The van der Waals surface area contributed by atoms with Gasteiger partial charge in [0.25, 0.3) is 17.9 Å². The van der Waals surface area contributed by atoms with Gasteiger partial charge < -0.3 is 139 Å². The number of rotatable bonds is 26. The second-order valence-electron chi connectivity index (χ2n) is 32.6. The van der Waals surface area contributed by atoms with Crippen molar-refractivity contribution in [3.63, 3.8) is 0 Å². The number of nitrogens with one attached hydrogen (secondary N) is 7. The Morgan fingerprint density at radius 1 is 0.305 bits per heavy atom. The Bertz CT molecular complexity index is 3330. The number of amides is 7. The van der Waals surface area contributed by atoms with Crippen LogP contribution in [-0.2, 0) is 112 Å². The molecule has 10 fully saturated rings. The molecule has 7 saturated carbocycles. The maximum atomic E-state index is 12.1. The first-order valence-electron chi connectivity index (χ1n) is 43.0. The van der Waals surface area contributed by atoms with Crippen molar-refractivity contribution < 1.29 is 282 Å². The summed E-state index contributed by atoms with van der Waals surface area (Å²) in [6.07, 6.45) is 29.8. The molecule has 10 rings (SSSR count). The summed E-state index contributed by atoms with van der Waals surface area (Å²) in [5, 5.41) is 102. The van der Waals surface area contributed by atoms with Crippen LogP contribution in [0, 0.1) is 41.4 Å². The van der Waals surface area contributed by atoms with E-state index in [9.17, 15) is 142 Å². The van der Waals surface area contributed by atoms with E-state index in [-0.39, 0.29) is 329 Å². The van der Waals surface area contributed by atoms with Gasteiger partial charge in [0.15, 0.2) is 0 Å². The third-order valence-electron chi connectivity index (χ3n) is 22.8. The molecule has 3 aliphatic heterocycles. The van der Waals surface area contributed by atoms with Gasteiger partial charge in [-0.15, -0.1) is 0 Å². The van der Waals surface area contributed by atoms with Crippen LogP contribution in [0.5, 0.6) is 0 Å². The standard InChI is InChI=1S/3C12H18NO4.4C11H17NO5.CH3.3Al.2Ca.4Na.2H2O/c3*1-8(14)10(7-11(15)16)13-12(17)9-5-3-2-4-6-9;4*13-9(14)6-8(11(16)17)12-10(15)7-4-2-1-3-5-7;;;;;;;;;;;;/h3*9-10H,1-7H2,(H,13,17)(H,15,16);4*7-8H,1-6H2,(H,12,15)(H,13,14)(H,16,17);1H3;;;;;;;;;;2*1H2/q;;;;;;;;3*+1;2*+2;4*+1;;/p-11. The molecular weight excluding hydrogens is 1870 g/mol. The smallest absolute Gasteiger partial charge is 0.621 e. The predicted octanol–water partition coefficient (Wildman–Crippen LogP) is -20.2. The molecule has 11 N–H and O–H groups in total. The summed E-state index contributed by atoms with van der Waals surface area (Å²) in [6, 6.07) is -8.02. The molecule has 0 aromatic heterocycles. The summed E-state index contributed by atoms with van der Waals surface area (Å²) in [6.45, 7) is 0. The van der Waals surface area contributed by atoms with Crippen LogP contribution in [0.2, 0.25) is 21.6 Å². The van der Waals surface area contributed by atoms with Crippen LogP contribution < -0.4 is 196 Å². The SMILES string of the molecule is O.O.O=C([O-])CC(NC(=O)C1CCCCC1)C(=O)[O-].O=C([O-])CC(NC(=O)C1CCCCC1)C(=O)[O-].O=C([O-])CC(NC(=O)C1CCCCC1)C(=O)[O-].O=C([O-])CC(NC(=O)C1CCCCC1)C(=O)[O-].O=C1CC(NC(=O)C2CCCCC2)C(=O)[CH2][Al][O]1.O=C1CC(NC(=O)C2CCCCC2)C(=O)[CH2][Al][O]1.[CH3][Al]1[CH2]C(=O)C(NC(=O)C2CCCCC2)CC(=O)[O]1.[Ca+2].[Ca+2].[Na+].[Na+].[Na+].[Na+]. The fraction of sp³-hybridized carbons (Fsp3) is 0.741. The summed E-state index contributed by atoms with van der Waals surface area (Å²) in [5.41, 5.74) is 0. The Morgan fingerprint density at radius 2 is 0.489 bits per heavy atom. The van der Waals surface area contributed by atoms with Gasteiger partial charge in [-0.2, -0.15) is 0 Å². The van der Waals surface area contributed by atoms with Crippen LogP contribution >= 0.6 is 0 Å². The van der Waals surface area contributed by atoms with E-state index in [1.807, 2.05) is 5.79 Å². The van der Waals surface area contributed by atoms with Crippen LogP contribution in [-0.4, -0.2) is 299 Å². The number of hydrogen-bond acceptors (Lipinski definition) is 32. The van der Waals surface area contributed by atoms with Crippen LogP contribution in [0.3, 0.4) is 0 Å². The molecule has 41 nitrogen and oxygen atoms in total. The molecule has 7 atom stereocenters. The number of Topliss-reactive ketones (excluding diaryl/α,β-unsaturated/α-hetero) is 3. The van der Waals surface area contributed by atoms with Crippen molar-refractivity contribution >= 4 is 245 Å². The van der Waals surface area contributed by atoms with E-state index in [1.165, 1.54) is 19.3 Å². The van der Waals surface area contributed by atoms with E-state index < -0.39 is 185 Å². The van der Waals surface area contributed by atoms with Crippen molar-refractivity contribution in [2.75, 3.05) is 0 Å². The second kappa shape index (κ2) is 77.3.